The highest BCUT2D eigenvalue weighted by Gasteiger charge is 2.33. The van der Waals surface area contributed by atoms with Gasteiger partial charge in [-0.05, 0) is 13.5 Å². The maximum absolute atomic E-state index is 12.5. The zero-order chi connectivity index (χ0) is 16.1. The van der Waals surface area contributed by atoms with Gasteiger partial charge in [0, 0.05) is 24.7 Å². The Morgan fingerprint density at radius 1 is 1.26 bits per heavy atom. The molecule has 0 aliphatic carbocycles. The van der Waals surface area contributed by atoms with Gasteiger partial charge in [0.2, 0.25) is 11.8 Å². The molecule has 23 heavy (non-hydrogen) atoms. The van der Waals surface area contributed by atoms with Crippen LogP contribution in [0.1, 0.15) is 6.42 Å². The molecule has 1 aliphatic rings. The molecule has 8 heteroatoms. The first-order valence-electron chi connectivity index (χ1n) is 7.07. The van der Waals surface area contributed by atoms with Gasteiger partial charge in [-0.25, -0.2) is 0 Å². The van der Waals surface area contributed by atoms with Crippen LogP contribution in [-0.4, -0.2) is 52.2 Å². The highest BCUT2D eigenvalue weighted by atomic mass is 35.5. The van der Waals surface area contributed by atoms with Crippen molar-refractivity contribution in [2.75, 3.05) is 39.3 Å². The Kier molecular flexibility index (Phi) is 7.12. The fraction of sp³-hybridized carbons (Fsp3) is 0.467. The zero-order valence-electron chi connectivity index (χ0n) is 13.4. The van der Waals surface area contributed by atoms with Crippen LogP contribution >= 0.6 is 12.4 Å². The summed E-state index contributed by atoms with van der Waals surface area (Å²) in [6, 6.07) is 4.81. The van der Waals surface area contributed by atoms with E-state index in [4.69, 9.17) is 9.47 Å². The van der Waals surface area contributed by atoms with Gasteiger partial charge >= 0.3 is 0 Å². The second-order valence-corrected chi connectivity index (χ2v) is 5.00. The Balaban J connectivity index is 0.00000264. The van der Waals surface area contributed by atoms with E-state index in [1.807, 2.05) is 0 Å². The monoisotopic (exact) mass is 343 g/mol. The number of anilines is 1. The van der Waals surface area contributed by atoms with Crippen LogP contribution in [0.25, 0.3) is 0 Å². The lowest BCUT2D eigenvalue weighted by Crippen LogP contribution is -2.44. The molecule has 0 spiro atoms. The van der Waals surface area contributed by atoms with Gasteiger partial charge in [-0.15, -0.1) is 12.4 Å². The summed E-state index contributed by atoms with van der Waals surface area (Å²) in [7, 11) is 4.81. The Labute approximate surface area is 141 Å². The number of nitrogens with zero attached hydrogens (tertiary/aromatic N) is 1. The summed E-state index contributed by atoms with van der Waals surface area (Å²) in [6.45, 7) is 0.733. The molecule has 2 N–H and O–H groups in total. The van der Waals surface area contributed by atoms with Crippen LogP contribution < -0.4 is 25.0 Å². The number of amides is 2. The third-order valence-corrected chi connectivity index (χ3v) is 3.53. The Morgan fingerprint density at radius 3 is 2.39 bits per heavy atom. The van der Waals surface area contributed by atoms with Crippen LogP contribution in [-0.2, 0) is 9.59 Å². The van der Waals surface area contributed by atoms with Gasteiger partial charge in [-0.3, -0.25) is 9.59 Å². The van der Waals surface area contributed by atoms with Crippen LogP contribution in [0.5, 0.6) is 11.5 Å². The van der Waals surface area contributed by atoms with Crippen LogP contribution in [0.15, 0.2) is 18.2 Å². The van der Waals surface area contributed by atoms with Gasteiger partial charge in [-0.1, -0.05) is 0 Å². The molecule has 1 atom stereocenters. The second-order valence-electron chi connectivity index (χ2n) is 5.00. The van der Waals surface area contributed by atoms with Gasteiger partial charge in [0.25, 0.3) is 0 Å². The lowest BCUT2D eigenvalue weighted by molar-refractivity contribution is -0.125. The summed E-state index contributed by atoms with van der Waals surface area (Å²) in [5.74, 6) is 0.917. The number of likely N-dealkylation sites (N-methyl/N-ethyl adjacent to an activating group) is 1. The molecule has 0 saturated carbocycles. The quantitative estimate of drug-likeness (QED) is 0.789. The van der Waals surface area contributed by atoms with Crippen molar-refractivity contribution >= 4 is 29.9 Å². The molecule has 1 aliphatic heterocycles. The predicted octanol–water partition coefficient (Wildman–Crippen LogP) is 0.567. The van der Waals surface area contributed by atoms with E-state index in [1.54, 1.807) is 44.4 Å². The lowest BCUT2D eigenvalue weighted by Gasteiger charge is -2.19. The normalized spacial score (nSPS) is 16.7. The van der Waals surface area contributed by atoms with Gasteiger partial charge in [0.15, 0.2) is 0 Å². The predicted molar refractivity (Wildman–Crippen MR) is 89.6 cm³/mol. The molecule has 1 fully saturated rings. The van der Waals surface area contributed by atoms with Crippen molar-refractivity contribution in [1.82, 2.24) is 10.6 Å². The second kappa shape index (κ2) is 8.59. The highest BCUT2D eigenvalue weighted by Crippen LogP contribution is 2.30. The van der Waals surface area contributed by atoms with Crippen LogP contribution in [0, 0.1) is 0 Å². The maximum atomic E-state index is 12.5. The van der Waals surface area contributed by atoms with E-state index < -0.39 is 6.04 Å². The molecule has 2 rings (SSSR count). The number of ether oxygens (including phenoxy) is 2. The summed E-state index contributed by atoms with van der Waals surface area (Å²) in [6.07, 6.45) is 0.577. The minimum atomic E-state index is -0.488. The number of halogens is 1. The minimum Gasteiger partial charge on any atom is -0.497 e. The average Bonchev–Trinajstić information content (AvgIpc) is 2.88. The topological polar surface area (TPSA) is 79.9 Å². The smallest absolute Gasteiger partial charge is 0.249 e. The van der Waals surface area contributed by atoms with E-state index in [9.17, 15) is 9.59 Å². The molecule has 0 aromatic heterocycles. The van der Waals surface area contributed by atoms with E-state index in [2.05, 4.69) is 10.6 Å². The molecule has 0 radical (unpaired) electrons. The average molecular weight is 344 g/mol. The van der Waals surface area contributed by atoms with E-state index >= 15 is 0 Å². The molecule has 1 aromatic rings. The lowest BCUT2D eigenvalue weighted by atomic mass is 10.2. The molecule has 1 unspecified atom stereocenters. The molecular formula is C15H22ClN3O4. The SMILES string of the molecule is CNCC(=O)NC1CCN(c2cc(OC)cc(OC)c2)C1=O.Cl. The number of methoxy groups -OCH3 is 2. The first-order chi connectivity index (χ1) is 10.6. The largest absolute Gasteiger partial charge is 0.497 e. The summed E-state index contributed by atoms with van der Waals surface area (Å²) >= 11 is 0. The Morgan fingerprint density at radius 2 is 1.87 bits per heavy atom. The van der Waals surface area contributed by atoms with Crippen molar-refractivity contribution < 1.29 is 19.1 Å². The first kappa shape index (κ1) is 19.1. The molecule has 128 valence electrons. The zero-order valence-corrected chi connectivity index (χ0v) is 14.2. The maximum Gasteiger partial charge on any atom is 0.249 e. The van der Waals surface area contributed by atoms with Crippen molar-refractivity contribution in [1.29, 1.82) is 0 Å². The van der Waals surface area contributed by atoms with Crippen LogP contribution in [0.3, 0.4) is 0 Å². The fourth-order valence-electron chi connectivity index (χ4n) is 2.42. The molecule has 0 bridgehead atoms. The molecular weight excluding hydrogens is 322 g/mol. The van der Waals surface area contributed by atoms with Crippen LogP contribution in [0.2, 0.25) is 0 Å². The minimum absolute atomic E-state index is 0. The Hall–Kier alpha value is -1.99. The van der Waals surface area contributed by atoms with E-state index in [0.29, 0.717) is 30.2 Å². The standard InChI is InChI=1S/C15H21N3O4.ClH/c1-16-9-14(19)17-13-4-5-18(15(13)20)10-6-11(21-2)8-12(7-10)22-3;/h6-8,13,16H,4-5,9H2,1-3H3,(H,17,19);1H. The molecule has 1 aromatic carbocycles. The number of benzene rings is 1. The van der Waals surface area contributed by atoms with Gasteiger partial charge in [0.1, 0.15) is 17.5 Å². The van der Waals surface area contributed by atoms with Crippen molar-refractivity contribution in [2.24, 2.45) is 0 Å². The van der Waals surface area contributed by atoms with E-state index in [0.717, 1.165) is 0 Å². The number of carbonyl (C=O) groups excluding carboxylic acids is 2. The third kappa shape index (κ3) is 4.49. The van der Waals surface area contributed by atoms with Gasteiger partial charge in [0.05, 0.1) is 26.5 Å². The molecule has 1 saturated heterocycles. The van der Waals surface area contributed by atoms with Crippen molar-refractivity contribution in [2.45, 2.75) is 12.5 Å². The number of nitrogens with one attached hydrogen (secondary N) is 2. The van der Waals surface area contributed by atoms with Gasteiger partial charge in [-0.2, -0.15) is 0 Å². The third-order valence-electron chi connectivity index (χ3n) is 3.53. The van der Waals surface area contributed by atoms with Crippen molar-refractivity contribution in [3.63, 3.8) is 0 Å². The van der Waals surface area contributed by atoms with Crippen molar-refractivity contribution in [3.8, 4) is 11.5 Å². The number of carbonyl (C=O) groups is 2. The molecule has 1 heterocycles. The van der Waals surface area contributed by atoms with Crippen LogP contribution in [0.4, 0.5) is 5.69 Å². The van der Waals surface area contributed by atoms with Crippen molar-refractivity contribution in [3.05, 3.63) is 18.2 Å². The fourth-order valence-corrected chi connectivity index (χ4v) is 2.42. The van der Waals surface area contributed by atoms with E-state index in [1.165, 1.54) is 0 Å². The van der Waals surface area contributed by atoms with Gasteiger partial charge < -0.3 is 25.0 Å². The van der Waals surface area contributed by atoms with E-state index in [-0.39, 0.29) is 30.8 Å². The first-order valence-corrected chi connectivity index (χ1v) is 7.07. The summed E-state index contributed by atoms with van der Waals surface area (Å²) in [5.41, 5.74) is 0.701. The number of hydrogen-bond acceptors (Lipinski definition) is 5. The summed E-state index contributed by atoms with van der Waals surface area (Å²) in [4.78, 5) is 25.7. The highest BCUT2D eigenvalue weighted by molar-refractivity contribution is 6.01. The molecule has 7 nitrogen and oxygen atoms in total. The molecule has 2 amide bonds. The summed E-state index contributed by atoms with van der Waals surface area (Å²) < 4.78 is 10.4. The number of hydrogen-bond donors (Lipinski definition) is 2. The summed E-state index contributed by atoms with van der Waals surface area (Å²) in [5, 5.41) is 5.49. The Bertz CT molecular complexity index is 545. The number of rotatable bonds is 6.